The van der Waals surface area contributed by atoms with E-state index in [0.29, 0.717) is 24.0 Å². The third kappa shape index (κ3) is 3.76. The summed E-state index contributed by atoms with van der Waals surface area (Å²) in [5.41, 5.74) is 2.16. The Hall–Kier alpha value is -1.48. The average Bonchev–Trinajstić information content (AvgIpc) is 2.40. The fourth-order valence-corrected chi connectivity index (χ4v) is 2.83. The lowest BCUT2D eigenvalue weighted by Gasteiger charge is -2.22. The van der Waals surface area contributed by atoms with E-state index in [1.165, 1.54) is 5.57 Å². The predicted molar refractivity (Wildman–Crippen MR) is 79.7 cm³/mol. The Morgan fingerprint density at radius 1 is 1.50 bits per heavy atom. The fraction of sp³-hybridized carbons (Fsp3) is 0.438. The first kappa shape index (κ1) is 14.9. The second kappa shape index (κ2) is 6.80. The summed E-state index contributed by atoms with van der Waals surface area (Å²) >= 11 is 6.15. The molecule has 1 atom stereocenters. The number of carbonyl (C=O) groups is 1. The van der Waals surface area contributed by atoms with E-state index in [1.807, 2.05) is 13.0 Å². The van der Waals surface area contributed by atoms with E-state index in [1.54, 1.807) is 12.1 Å². The van der Waals surface area contributed by atoms with Gasteiger partial charge >= 0.3 is 5.97 Å². The van der Waals surface area contributed by atoms with Crippen LogP contribution in [0, 0.1) is 5.92 Å². The van der Waals surface area contributed by atoms with Gasteiger partial charge in [0.2, 0.25) is 0 Å². The maximum Gasteiger partial charge on any atom is 0.306 e. The van der Waals surface area contributed by atoms with Crippen LogP contribution < -0.4 is 0 Å². The van der Waals surface area contributed by atoms with Gasteiger partial charge in [0, 0.05) is 6.42 Å². The van der Waals surface area contributed by atoms with E-state index in [-0.39, 0.29) is 11.7 Å². The lowest BCUT2D eigenvalue weighted by atomic mass is 9.85. The zero-order valence-electron chi connectivity index (χ0n) is 11.6. The number of aromatic hydroxyl groups is 1. The molecule has 2 rings (SSSR count). The molecule has 0 spiro atoms. The van der Waals surface area contributed by atoms with E-state index < -0.39 is 0 Å². The molecule has 108 valence electrons. The highest BCUT2D eigenvalue weighted by molar-refractivity contribution is 6.32. The standard InChI is InChI=1S/C16H19ClO3/c1-2-20-16(19)9-11-3-5-12(6-4-11)14-8-7-13(18)10-15(14)17/h5,7-8,10-11,18H,2-4,6,9H2,1H3. The molecule has 0 saturated carbocycles. The zero-order chi connectivity index (χ0) is 14.5. The van der Waals surface area contributed by atoms with Gasteiger partial charge < -0.3 is 9.84 Å². The van der Waals surface area contributed by atoms with E-state index in [9.17, 15) is 9.90 Å². The summed E-state index contributed by atoms with van der Waals surface area (Å²) in [5, 5.41) is 9.94. The molecule has 0 fully saturated rings. The van der Waals surface area contributed by atoms with E-state index in [0.717, 1.165) is 24.8 Å². The van der Waals surface area contributed by atoms with Gasteiger partial charge in [-0.3, -0.25) is 4.79 Å². The van der Waals surface area contributed by atoms with Gasteiger partial charge in [0.25, 0.3) is 0 Å². The normalized spacial score (nSPS) is 18.5. The second-order valence-corrected chi connectivity index (χ2v) is 5.45. The minimum Gasteiger partial charge on any atom is -0.508 e. The molecule has 0 amide bonds. The largest absolute Gasteiger partial charge is 0.508 e. The predicted octanol–water partition coefficient (Wildman–Crippen LogP) is 4.18. The number of benzene rings is 1. The van der Waals surface area contributed by atoms with Crippen LogP contribution in [0.25, 0.3) is 5.57 Å². The van der Waals surface area contributed by atoms with Crippen molar-refractivity contribution in [2.75, 3.05) is 6.61 Å². The quantitative estimate of drug-likeness (QED) is 0.847. The number of ether oxygens (including phenoxy) is 1. The van der Waals surface area contributed by atoms with Crippen molar-refractivity contribution in [2.45, 2.75) is 32.6 Å². The van der Waals surface area contributed by atoms with Gasteiger partial charge in [-0.2, -0.15) is 0 Å². The molecule has 1 aliphatic rings. The van der Waals surface area contributed by atoms with Crippen molar-refractivity contribution in [3.05, 3.63) is 34.9 Å². The number of rotatable bonds is 4. The summed E-state index contributed by atoms with van der Waals surface area (Å²) in [6.45, 7) is 2.26. The molecular formula is C16H19ClO3. The number of allylic oxidation sites excluding steroid dienone is 2. The number of halogens is 1. The van der Waals surface area contributed by atoms with Crippen LogP contribution in [0.4, 0.5) is 0 Å². The van der Waals surface area contributed by atoms with Gasteiger partial charge in [-0.1, -0.05) is 17.7 Å². The lowest BCUT2D eigenvalue weighted by Crippen LogP contribution is -2.13. The van der Waals surface area contributed by atoms with Crippen LogP contribution in [0.2, 0.25) is 5.02 Å². The van der Waals surface area contributed by atoms with Crippen LogP contribution in [0.3, 0.4) is 0 Å². The Bertz CT molecular complexity index is 522. The van der Waals surface area contributed by atoms with Crippen LogP contribution >= 0.6 is 11.6 Å². The maximum atomic E-state index is 11.5. The van der Waals surface area contributed by atoms with Crippen LogP contribution in [0.15, 0.2) is 24.3 Å². The van der Waals surface area contributed by atoms with Gasteiger partial charge in [-0.05, 0) is 61.4 Å². The van der Waals surface area contributed by atoms with Crippen molar-refractivity contribution in [3.63, 3.8) is 0 Å². The minimum absolute atomic E-state index is 0.114. The van der Waals surface area contributed by atoms with Gasteiger partial charge in [0.05, 0.1) is 11.6 Å². The number of hydrogen-bond donors (Lipinski definition) is 1. The van der Waals surface area contributed by atoms with Gasteiger partial charge in [0.1, 0.15) is 5.75 Å². The van der Waals surface area contributed by atoms with Gasteiger partial charge in [-0.15, -0.1) is 0 Å². The van der Waals surface area contributed by atoms with E-state index in [2.05, 4.69) is 6.08 Å². The van der Waals surface area contributed by atoms with Crippen LogP contribution in [-0.2, 0) is 9.53 Å². The monoisotopic (exact) mass is 294 g/mol. The summed E-state index contributed by atoms with van der Waals surface area (Å²) in [6, 6.07) is 5.05. The number of phenolic OH excluding ortho intramolecular Hbond substituents is 1. The fourth-order valence-electron chi connectivity index (χ4n) is 2.54. The van der Waals surface area contributed by atoms with Crippen molar-refractivity contribution in [1.82, 2.24) is 0 Å². The molecular weight excluding hydrogens is 276 g/mol. The molecule has 4 heteroatoms. The molecule has 3 nitrogen and oxygen atoms in total. The first-order valence-electron chi connectivity index (χ1n) is 6.93. The Balaban J connectivity index is 2.00. The molecule has 1 unspecified atom stereocenters. The van der Waals surface area contributed by atoms with Crippen molar-refractivity contribution in [1.29, 1.82) is 0 Å². The number of phenols is 1. The van der Waals surface area contributed by atoms with E-state index in [4.69, 9.17) is 16.3 Å². The summed E-state index contributed by atoms with van der Waals surface area (Å²) in [4.78, 5) is 11.5. The summed E-state index contributed by atoms with van der Waals surface area (Å²) < 4.78 is 4.98. The average molecular weight is 295 g/mol. The van der Waals surface area contributed by atoms with Crippen LogP contribution in [-0.4, -0.2) is 17.7 Å². The number of esters is 1. The highest BCUT2D eigenvalue weighted by Crippen LogP contribution is 2.36. The Kier molecular flexibility index (Phi) is 5.07. The molecule has 1 N–H and O–H groups in total. The molecule has 0 saturated heterocycles. The summed E-state index contributed by atoms with van der Waals surface area (Å²) in [6.07, 6.45) is 5.36. The van der Waals surface area contributed by atoms with Crippen molar-refractivity contribution in [2.24, 2.45) is 5.92 Å². The second-order valence-electron chi connectivity index (χ2n) is 5.04. The van der Waals surface area contributed by atoms with Crippen LogP contribution in [0.5, 0.6) is 5.75 Å². The number of carbonyl (C=O) groups excluding carboxylic acids is 1. The number of hydrogen-bond acceptors (Lipinski definition) is 3. The van der Waals surface area contributed by atoms with Crippen molar-refractivity contribution >= 4 is 23.1 Å². The Morgan fingerprint density at radius 2 is 2.30 bits per heavy atom. The van der Waals surface area contributed by atoms with Crippen molar-refractivity contribution in [3.8, 4) is 5.75 Å². The molecule has 1 aromatic rings. The van der Waals surface area contributed by atoms with Crippen molar-refractivity contribution < 1.29 is 14.6 Å². The molecule has 0 radical (unpaired) electrons. The highest BCUT2D eigenvalue weighted by Gasteiger charge is 2.20. The first-order valence-corrected chi connectivity index (χ1v) is 7.31. The van der Waals surface area contributed by atoms with Gasteiger partial charge in [-0.25, -0.2) is 0 Å². The topological polar surface area (TPSA) is 46.5 Å². The van der Waals surface area contributed by atoms with E-state index >= 15 is 0 Å². The molecule has 0 aliphatic heterocycles. The third-order valence-corrected chi connectivity index (χ3v) is 3.89. The van der Waals surface area contributed by atoms with Crippen LogP contribution in [0.1, 0.15) is 38.2 Å². The molecule has 0 heterocycles. The SMILES string of the molecule is CCOC(=O)CC1CC=C(c2ccc(O)cc2Cl)CC1. The third-order valence-electron chi connectivity index (χ3n) is 3.58. The summed E-state index contributed by atoms with van der Waals surface area (Å²) in [7, 11) is 0. The first-order chi connectivity index (χ1) is 9.60. The molecule has 1 aliphatic carbocycles. The molecule has 0 aromatic heterocycles. The Morgan fingerprint density at radius 3 is 2.90 bits per heavy atom. The maximum absolute atomic E-state index is 11.5. The molecule has 0 bridgehead atoms. The molecule has 20 heavy (non-hydrogen) atoms. The lowest BCUT2D eigenvalue weighted by molar-refractivity contribution is -0.144. The minimum atomic E-state index is -0.114. The zero-order valence-corrected chi connectivity index (χ0v) is 12.3. The smallest absolute Gasteiger partial charge is 0.306 e. The summed E-state index contributed by atoms with van der Waals surface area (Å²) in [5.74, 6) is 0.418. The van der Waals surface area contributed by atoms with Gasteiger partial charge in [0.15, 0.2) is 0 Å². The highest BCUT2D eigenvalue weighted by atomic mass is 35.5. The Labute approximate surface area is 124 Å². The molecule has 1 aromatic carbocycles.